The first-order valence-corrected chi connectivity index (χ1v) is 5.89. The molecule has 1 atom stereocenters. The van der Waals surface area contributed by atoms with Gasteiger partial charge in [-0.2, -0.15) is 0 Å². The summed E-state index contributed by atoms with van der Waals surface area (Å²) in [6, 6.07) is 4.40. The second kappa shape index (κ2) is 6.47. The number of nitrogens with zero attached hydrogens (tertiary/aromatic N) is 1. The lowest BCUT2D eigenvalue weighted by Gasteiger charge is -2.18. The van der Waals surface area contributed by atoms with E-state index in [1.165, 1.54) is 12.1 Å². The van der Waals surface area contributed by atoms with E-state index in [-0.39, 0.29) is 17.8 Å². The largest absolute Gasteiger partial charge is 0.393 e. The topological polar surface area (TPSA) is 73.3 Å². The zero-order chi connectivity index (χ0) is 13.7. The van der Waals surface area contributed by atoms with Gasteiger partial charge < -0.3 is 15.7 Å². The molecule has 0 aliphatic rings. The SMILES string of the molecule is CC(O)CCN(C)Cc1cc(F)cc(C(=N)N)c1. The van der Waals surface area contributed by atoms with E-state index in [4.69, 9.17) is 11.1 Å². The Kier molecular flexibility index (Phi) is 5.25. The highest BCUT2D eigenvalue weighted by Crippen LogP contribution is 2.11. The first kappa shape index (κ1) is 14.6. The Bertz CT molecular complexity index is 421. The molecule has 5 heteroatoms. The summed E-state index contributed by atoms with van der Waals surface area (Å²) in [4.78, 5) is 1.99. The van der Waals surface area contributed by atoms with E-state index in [1.807, 2.05) is 11.9 Å². The number of amidine groups is 1. The molecular weight excluding hydrogens is 233 g/mol. The number of hydrogen-bond donors (Lipinski definition) is 3. The van der Waals surface area contributed by atoms with Crippen LogP contribution in [0, 0.1) is 11.2 Å². The molecule has 4 N–H and O–H groups in total. The summed E-state index contributed by atoms with van der Waals surface area (Å²) < 4.78 is 13.3. The Labute approximate surface area is 107 Å². The summed E-state index contributed by atoms with van der Waals surface area (Å²) in [7, 11) is 1.90. The number of nitrogens with two attached hydrogens (primary N) is 1. The lowest BCUT2D eigenvalue weighted by molar-refractivity contribution is 0.163. The molecule has 0 aliphatic carbocycles. The van der Waals surface area contributed by atoms with Crippen molar-refractivity contribution in [3.8, 4) is 0 Å². The third kappa shape index (κ3) is 4.81. The summed E-state index contributed by atoms with van der Waals surface area (Å²) in [5.74, 6) is -0.524. The Hall–Kier alpha value is -1.46. The molecule has 18 heavy (non-hydrogen) atoms. The van der Waals surface area contributed by atoms with E-state index in [9.17, 15) is 9.50 Å². The molecule has 1 aromatic rings. The molecule has 1 rings (SSSR count). The summed E-state index contributed by atoms with van der Waals surface area (Å²) in [6.07, 6.45) is 0.332. The molecule has 0 amide bonds. The fourth-order valence-corrected chi connectivity index (χ4v) is 1.70. The maximum Gasteiger partial charge on any atom is 0.124 e. The van der Waals surface area contributed by atoms with Crippen LogP contribution in [0.4, 0.5) is 4.39 Å². The van der Waals surface area contributed by atoms with Crippen molar-refractivity contribution in [1.82, 2.24) is 4.90 Å². The molecule has 1 unspecified atom stereocenters. The van der Waals surface area contributed by atoms with Gasteiger partial charge in [-0.05, 0) is 44.2 Å². The molecule has 0 bridgehead atoms. The van der Waals surface area contributed by atoms with E-state index in [0.29, 0.717) is 18.5 Å². The van der Waals surface area contributed by atoms with Crippen LogP contribution in [0.25, 0.3) is 0 Å². The maximum absolute atomic E-state index is 13.3. The lowest BCUT2D eigenvalue weighted by Crippen LogP contribution is -2.22. The standard InChI is InChI=1S/C13H20FN3O/c1-9(18)3-4-17(2)8-10-5-11(13(15)16)7-12(14)6-10/h5-7,9,18H,3-4,8H2,1-2H3,(H3,15,16). The Morgan fingerprint density at radius 1 is 1.50 bits per heavy atom. The molecule has 0 heterocycles. The van der Waals surface area contributed by atoms with Crippen molar-refractivity contribution in [2.24, 2.45) is 5.73 Å². The van der Waals surface area contributed by atoms with Gasteiger partial charge in [-0.25, -0.2) is 4.39 Å². The highest BCUT2D eigenvalue weighted by Gasteiger charge is 2.07. The minimum absolute atomic E-state index is 0.137. The molecule has 0 aliphatic heterocycles. The average molecular weight is 253 g/mol. The molecule has 4 nitrogen and oxygen atoms in total. The van der Waals surface area contributed by atoms with Crippen LogP contribution in [-0.4, -0.2) is 35.5 Å². The number of hydrogen-bond acceptors (Lipinski definition) is 3. The second-order valence-corrected chi connectivity index (χ2v) is 4.64. The van der Waals surface area contributed by atoms with Crippen molar-refractivity contribution in [1.29, 1.82) is 5.41 Å². The predicted octanol–water partition coefficient (Wildman–Crippen LogP) is 1.31. The van der Waals surface area contributed by atoms with Gasteiger partial charge in [0, 0.05) is 18.7 Å². The maximum atomic E-state index is 13.3. The number of benzene rings is 1. The number of aliphatic hydroxyl groups excluding tert-OH is 1. The van der Waals surface area contributed by atoms with Crippen molar-refractivity contribution in [2.45, 2.75) is 26.0 Å². The molecule has 0 saturated heterocycles. The van der Waals surface area contributed by atoms with Crippen LogP contribution in [0.2, 0.25) is 0 Å². The van der Waals surface area contributed by atoms with E-state index >= 15 is 0 Å². The van der Waals surface area contributed by atoms with Crippen molar-refractivity contribution in [2.75, 3.05) is 13.6 Å². The number of halogens is 1. The van der Waals surface area contributed by atoms with Crippen molar-refractivity contribution >= 4 is 5.84 Å². The van der Waals surface area contributed by atoms with Gasteiger partial charge in [0.15, 0.2) is 0 Å². The van der Waals surface area contributed by atoms with Crippen LogP contribution in [-0.2, 0) is 6.54 Å². The van der Waals surface area contributed by atoms with Crippen LogP contribution in [0.15, 0.2) is 18.2 Å². The minimum atomic E-state index is -0.387. The summed E-state index contributed by atoms with van der Waals surface area (Å²) in [5, 5.41) is 16.5. The third-order valence-electron chi connectivity index (χ3n) is 2.65. The van der Waals surface area contributed by atoms with E-state index in [0.717, 1.165) is 12.1 Å². The molecule has 0 saturated carbocycles. The first-order valence-electron chi connectivity index (χ1n) is 5.89. The van der Waals surface area contributed by atoms with Crippen molar-refractivity contribution in [3.63, 3.8) is 0 Å². The molecule has 1 aromatic carbocycles. The number of nitrogen functional groups attached to an aromatic ring is 1. The van der Waals surface area contributed by atoms with Gasteiger partial charge in [-0.1, -0.05) is 0 Å². The molecule has 0 spiro atoms. The van der Waals surface area contributed by atoms with Gasteiger partial charge in [0.2, 0.25) is 0 Å². The average Bonchev–Trinajstić information content (AvgIpc) is 2.25. The van der Waals surface area contributed by atoms with E-state index in [2.05, 4.69) is 0 Å². The van der Waals surface area contributed by atoms with E-state index < -0.39 is 0 Å². The van der Waals surface area contributed by atoms with Crippen LogP contribution in [0.3, 0.4) is 0 Å². The molecule has 100 valence electrons. The van der Waals surface area contributed by atoms with E-state index in [1.54, 1.807) is 13.0 Å². The van der Waals surface area contributed by atoms with Crippen molar-refractivity contribution < 1.29 is 9.50 Å². The Morgan fingerprint density at radius 2 is 2.17 bits per heavy atom. The van der Waals surface area contributed by atoms with Crippen molar-refractivity contribution in [3.05, 3.63) is 35.1 Å². The fourth-order valence-electron chi connectivity index (χ4n) is 1.70. The predicted molar refractivity (Wildman–Crippen MR) is 70.0 cm³/mol. The Balaban J connectivity index is 2.69. The number of aliphatic hydroxyl groups is 1. The number of nitrogens with one attached hydrogen (secondary N) is 1. The summed E-state index contributed by atoms with van der Waals surface area (Å²) in [5.41, 5.74) is 6.52. The first-order chi connectivity index (χ1) is 8.38. The highest BCUT2D eigenvalue weighted by atomic mass is 19.1. The molecular formula is C13H20FN3O. The highest BCUT2D eigenvalue weighted by molar-refractivity contribution is 5.95. The summed E-state index contributed by atoms with van der Waals surface area (Å²) in [6.45, 7) is 3.03. The van der Waals surface area contributed by atoms with Gasteiger partial charge in [0.25, 0.3) is 0 Å². The van der Waals surface area contributed by atoms with Gasteiger partial charge >= 0.3 is 0 Å². The quantitative estimate of drug-likeness (QED) is 0.528. The zero-order valence-corrected chi connectivity index (χ0v) is 10.8. The molecule has 0 aromatic heterocycles. The van der Waals surface area contributed by atoms with Crippen LogP contribution >= 0.6 is 0 Å². The van der Waals surface area contributed by atoms with Gasteiger partial charge in [0.1, 0.15) is 11.7 Å². The van der Waals surface area contributed by atoms with Crippen LogP contribution < -0.4 is 5.73 Å². The number of rotatable bonds is 6. The monoisotopic (exact) mass is 253 g/mol. The van der Waals surface area contributed by atoms with Gasteiger partial charge in [-0.15, -0.1) is 0 Å². The summed E-state index contributed by atoms with van der Waals surface area (Å²) >= 11 is 0. The Morgan fingerprint density at radius 3 is 2.72 bits per heavy atom. The fraction of sp³-hybridized carbons (Fsp3) is 0.462. The van der Waals surface area contributed by atoms with Crippen LogP contribution in [0.1, 0.15) is 24.5 Å². The van der Waals surface area contributed by atoms with Gasteiger partial charge in [0.05, 0.1) is 6.10 Å². The van der Waals surface area contributed by atoms with Crippen LogP contribution in [0.5, 0.6) is 0 Å². The van der Waals surface area contributed by atoms with Gasteiger partial charge in [-0.3, -0.25) is 5.41 Å². The molecule has 0 radical (unpaired) electrons. The molecule has 0 fully saturated rings. The third-order valence-corrected chi connectivity index (χ3v) is 2.65. The minimum Gasteiger partial charge on any atom is -0.393 e. The smallest absolute Gasteiger partial charge is 0.124 e. The zero-order valence-electron chi connectivity index (χ0n) is 10.8. The second-order valence-electron chi connectivity index (χ2n) is 4.64. The lowest BCUT2D eigenvalue weighted by atomic mass is 10.1. The normalized spacial score (nSPS) is 12.7.